The number of aliphatic carboxylic acids is 1. The average molecular weight is 386 g/mol. The lowest BCUT2D eigenvalue weighted by molar-refractivity contribution is -0.138. The molecule has 2 rings (SSSR count). The summed E-state index contributed by atoms with van der Waals surface area (Å²) in [6, 6.07) is 10.1. The first-order valence-electron chi connectivity index (χ1n) is 7.76. The smallest absolute Gasteiger partial charge is 0.321 e. The summed E-state index contributed by atoms with van der Waals surface area (Å²) in [5, 5.41) is 22.0. The Hall–Kier alpha value is -3.34. The molecule has 0 bridgehead atoms. The molecular weight excluding hydrogens is 370 g/mol. The van der Waals surface area contributed by atoms with Crippen molar-refractivity contribution in [3.05, 3.63) is 64.2 Å². The molecule has 8 heteroatoms. The van der Waals surface area contributed by atoms with Crippen LogP contribution >= 0.6 is 11.6 Å². The highest BCUT2D eigenvalue weighted by Crippen LogP contribution is 2.23. The average Bonchev–Trinajstić information content (AvgIpc) is 2.64. The Kier molecular flexibility index (Phi) is 6.94. The number of nitrogens with zero attached hydrogens (tertiary/aromatic N) is 1. The summed E-state index contributed by atoms with van der Waals surface area (Å²) in [6.45, 7) is 0. The van der Waals surface area contributed by atoms with Gasteiger partial charge in [-0.15, -0.1) is 0 Å². The Morgan fingerprint density at radius 2 is 2.07 bits per heavy atom. The van der Waals surface area contributed by atoms with Crippen LogP contribution in [0.15, 0.2) is 47.6 Å². The van der Waals surface area contributed by atoms with Crippen LogP contribution in [0, 0.1) is 11.8 Å². The first-order valence-corrected chi connectivity index (χ1v) is 8.14. The Balaban J connectivity index is 1.99. The second kappa shape index (κ2) is 9.38. The molecule has 0 fully saturated rings. The highest BCUT2D eigenvalue weighted by Gasteiger charge is 2.08. The summed E-state index contributed by atoms with van der Waals surface area (Å²) in [4.78, 5) is 22.6. The molecule has 0 saturated heterocycles. The number of benzene rings is 2. The lowest BCUT2D eigenvalue weighted by atomic mass is 10.1. The lowest BCUT2D eigenvalue weighted by Crippen LogP contribution is -2.29. The minimum atomic E-state index is -1.10. The number of phenols is 1. The number of nitrogens with one attached hydrogen (secondary N) is 1. The number of carboxylic acids is 1. The van der Waals surface area contributed by atoms with Crippen molar-refractivity contribution >= 4 is 29.7 Å². The number of rotatable bonds is 5. The zero-order valence-corrected chi connectivity index (χ0v) is 14.8. The molecule has 0 radical (unpaired) electrons. The standard InChI is InChI=1S/C19H16ClN3O4/c20-15-10-14(7-8-17(15)24)18(25)23-22-11-13-5-1-3-12(9-13)4-2-6-16(21)19(26)27/h1,3,5,7-11,16,24H,6,21H2,(H,23,25)(H,26,27). The first kappa shape index (κ1) is 20.0. The molecule has 0 saturated carbocycles. The number of carboxylic acid groups (broad SMARTS) is 1. The van der Waals surface area contributed by atoms with Crippen molar-refractivity contribution in [2.24, 2.45) is 10.8 Å². The monoisotopic (exact) mass is 385 g/mol. The van der Waals surface area contributed by atoms with Gasteiger partial charge in [0.25, 0.3) is 5.91 Å². The van der Waals surface area contributed by atoms with Crippen molar-refractivity contribution in [3.63, 3.8) is 0 Å². The molecule has 0 aromatic heterocycles. The van der Waals surface area contributed by atoms with E-state index in [1.54, 1.807) is 24.3 Å². The molecule has 1 amide bonds. The minimum absolute atomic E-state index is 0.0406. The summed E-state index contributed by atoms with van der Waals surface area (Å²) < 4.78 is 0. The molecule has 2 aromatic carbocycles. The first-order chi connectivity index (χ1) is 12.9. The largest absolute Gasteiger partial charge is 0.506 e. The molecule has 7 nitrogen and oxygen atoms in total. The molecule has 27 heavy (non-hydrogen) atoms. The van der Waals surface area contributed by atoms with E-state index in [1.807, 2.05) is 0 Å². The van der Waals surface area contributed by atoms with E-state index in [0.717, 1.165) is 0 Å². The van der Waals surface area contributed by atoms with Gasteiger partial charge >= 0.3 is 5.97 Å². The Morgan fingerprint density at radius 1 is 1.30 bits per heavy atom. The van der Waals surface area contributed by atoms with Gasteiger partial charge in [0.1, 0.15) is 11.8 Å². The molecule has 138 valence electrons. The molecule has 1 unspecified atom stereocenters. The number of hydrazone groups is 1. The van der Waals surface area contributed by atoms with Gasteiger partial charge in [0, 0.05) is 17.5 Å². The maximum atomic E-state index is 12.0. The third-order valence-electron chi connectivity index (χ3n) is 3.35. The second-order valence-corrected chi connectivity index (χ2v) is 5.85. The predicted molar refractivity (Wildman–Crippen MR) is 102 cm³/mol. The summed E-state index contributed by atoms with van der Waals surface area (Å²) in [5.74, 6) is 3.85. The molecule has 5 N–H and O–H groups in total. The Morgan fingerprint density at radius 3 is 2.78 bits per heavy atom. The van der Waals surface area contributed by atoms with E-state index in [-0.39, 0.29) is 22.8 Å². The predicted octanol–water partition coefficient (Wildman–Crippen LogP) is 1.96. The van der Waals surface area contributed by atoms with Gasteiger partial charge < -0.3 is 15.9 Å². The molecule has 0 aliphatic carbocycles. The van der Waals surface area contributed by atoms with Crippen LogP contribution in [0.3, 0.4) is 0 Å². The number of amides is 1. The number of phenolic OH excluding ortho intramolecular Hbond substituents is 1. The summed E-state index contributed by atoms with van der Waals surface area (Å²) in [7, 11) is 0. The Labute approximate surface area is 160 Å². The van der Waals surface area contributed by atoms with Crippen LogP contribution in [0.5, 0.6) is 5.75 Å². The molecule has 0 aliphatic rings. The van der Waals surface area contributed by atoms with Crippen LogP contribution in [0.1, 0.15) is 27.9 Å². The van der Waals surface area contributed by atoms with Crippen LogP contribution < -0.4 is 11.2 Å². The van der Waals surface area contributed by atoms with E-state index >= 15 is 0 Å². The lowest BCUT2D eigenvalue weighted by Gasteiger charge is -2.02. The van der Waals surface area contributed by atoms with Gasteiger partial charge in [-0.05, 0) is 35.9 Å². The van der Waals surface area contributed by atoms with E-state index < -0.39 is 17.9 Å². The van der Waals surface area contributed by atoms with Crippen LogP contribution in [0.25, 0.3) is 0 Å². The van der Waals surface area contributed by atoms with Gasteiger partial charge in [0.2, 0.25) is 0 Å². The molecular formula is C19H16ClN3O4. The van der Waals surface area contributed by atoms with Gasteiger partial charge in [-0.2, -0.15) is 5.10 Å². The van der Waals surface area contributed by atoms with E-state index in [4.69, 9.17) is 22.4 Å². The fourth-order valence-corrected chi connectivity index (χ4v) is 2.11. The van der Waals surface area contributed by atoms with Crippen molar-refractivity contribution in [2.75, 3.05) is 0 Å². The van der Waals surface area contributed by atoms with Crippen LogP contribution in [0.2, 0.25) is 5.02 Å². The van der Waals surface area contributed by atoms with E-state index in [2.05, 4.69) is 22.4 Å². The highest BCUT2D eigenvalue weighted by atomic mass is 35.5. The molecule has 1 atom stereocenters. The topological polar surface area (TPSA) is 125 Å². The van der Waals surface area contributed by atoms with Crippen LogP contribution in [0.4, 0.5) is 0 Å². The number of aromatic hydroxyl groups is 1. The fraction of sp³-hybridized carbons (Fsp3) is 0.105. The van der Waals surface area contributed by atoms with Crippen molar-refractivity contribution in [1.29, 1.82) is 0 Å². The van der Waals surface area contributed by atoms with Crippen molar-refractivity contribution in [3.8, 4) is 17.6 Å². The second-order valence-electron chi connectivity index (χ2n) is 5.44. The summed E-state index contributed by atoms with van der Waals surface area (Å²) >= 11 is 5.76. The number of hydrogen-bond donors (Lipinski definition) is 4. The maximum Gasteiger partial charge on any atom is 0.321 e. The van der Waals surface area contributed by atoms with E-state index in [9.17, 15) is 14.7 Å². The van der Waals surface area contributed by atoms with Crippen LogP contribution in [-0.2, 0) is 4.79 Å². The van der Waals surface area contributed by atoms with Crippen molar-refractivity contribution in [2.45, 2.75) is 12.5 Å². The molecule has 0 aliphatic heterocycles. The van der Waals surface area contributed by atoms with Gasteiger partial charge in [-0.3, -0.25) is 9.59 Å². The number of nitrogens with two attached hydrogens (primary N) is 1. The van der Waals surface area contributed by atoms with Gasteiger partial charge in [0.15, 0.2) is 0 Å². The minimum Gasteiger partial charge on any atom is -0.506 e. The summed E-state index contributed by atoms with van der Waals surface area (Å²) in [6.07, 6.45) is 1.48. The number of hydrogen-bond acceptors (Lipinski definition) is 5. The number of carbonyl (C=O) groups excluding carboxylic acids is 1. The quantitative estimate of drug-likeness (QED) is 0.355. The summed E-state index contributed by atoms with van der Waals surface area (Å²) in [5.41, 5.74) is 9.34. The van der Waals surface area contributed by atoms with Gasteiger partial charge in [0.05, 0.1) is 11.2 Å². The SMILES string of the molecule is NC(CC#Cc1cccc(C=NNC(=O)c2ccc(O)c(Cl)c2)c1)C(=O)O. The number of carbonyl (C=O) groups is 2. The van der Waals surface area contributed by atoms with Crippen LogP contribution in [-0.4, -0.2) is 34.3 Å². The van der Waals surface area contributed by atoms with E-state index in [0.29, 0.717) is 11.1 Å². The molecule has 2 aromatic rings. The van der Waals surface area contributed by atoms with Crippen molar-refractivity contribution in [1.82, 2.24) is 5.43 Å². The third-order valence-corrected chi connectivity index (χ3v) is 3.65. The third kappa shape index (κ3) is 6.15. The molecule has 0 spiro atoms. The highest BCUT2D eigenvalue weighted by molar-refractivity contribution is 6.32. The zero-order valence-electron chi connectivity index (χ0n) is 14.0. The zero-order chi connectivity index (χ0) is 19.8. The normalized spacial score (nSPS) is 11.5. The number of halogens is 1. The van der Waals surface area contributed by atoms with Crippen molar-refractivity contribution < 1.29 is 19.8 Å². The van der Waals surface area contributed by atoms with E-state index in [1.165, 1.54) is 24.4 Å². The van der Waals surface area contributed by atoms with Gasteiger partial charge in [-0.1, -0.05) is 35.6 Å². The maximum absolute atomic E-state index is 12.0. The fourth-order valence-electron chi connectivity index (χ4n) is 1.93. The molecule has 0 heterocycles. The Bertz CT molecular complexity index is 947. The van der Waals surface area contributed by atoms with Gasteiger partial charge in [-0.25, -0.2) is 5.43 Å².